The number of ether oxygens (including phenoxy) is 2. The van der Waals surface area contributed by atoms with E-state index in [0.717, 1.165) is 30.4 Å². The van der Waals surface area contributed by atoms with Crippen molar-refractivity contribution in [2.75, 3.05) is 20.2 Å². The molecule has 1 atom stereocenters. The number of pyridine rings is 1. The molecule has 7 heteroatoms. The third-order valence-electron chi connectivity index (χ3n) is 3.94. The predicted molar refractivity (Wildman–Crippen MR) is 114 cm³/mol. The van der Waals surface area contributed by atoms with Gasteiger partial charge in [-0.3, -0.25) is 0 Å². The summed E-state index contributed by atoms with van der Waals surface area (Å²) in [6.45, 7) is 4.02. The van der Waals surface area contributed by atoms with Crippen molar-refractivity contribution < 1.29 is 9.47 Å². The van der Waals surface area contributed by atoms with Gasteiger partial charge < -0.3 is 20.1 Å². The summed E-state index contributed by atoms with van der Waals surface area (Å²) < 4.78 is 11.1. The molecule has 0 fully saturated rings. The van der Waals surface area contributed by atoms with E-state index < -0.39 is 0 Å². The van der Waals surface area contributed by atoms with Gasteiger partial charge in [-0.05, 0) is 24.6 Å². The van der Waals surface area contributed by atoms with Gasteiger partial charge in [-0.25, -0.2) is 9.98 Å². The van der Waals surface area contributed by atoms with Gasteiger partial charge in [0.2, 0.25) is 5.88 Å². The van der Waals surface area contributed by atoms with Gasteiger partial charge in [0.1, 0.15) is 11.9 Å². The lowest BCUT2D eigenvalue weighted by Crippen LogP contribution is -2.42. The zero-order valence-corrected chi connectivity index (χ0v) is 17.4. The Kier molecular flexibility index (Phi) is 7.96. The molecule has 6 nitrogen and oxygen atoms in total. The Morgan fingerprint density at radius 1 is 1.23 bits per heavy atom. The van der Waals surface area contributed by atoms with Crippen LogP contribution in [-0.4, -0.2) is 37.2 Å². The Balaban J connectivity index is 0.00000243. The molecule has 1 aromatic heterocycles. The maximum atomic E-state index is 5.95. The lowest BCUT2D eigenvalue weighted by atomic mass is 10.1. The monoisotopic (exact) mass is 468 g/mol. The van der Waals surface area contributed by atoms with Crippen LogP contribution in [0.25, 0.3) is 0 Å². The quantitative estimate of drug-likeness (QED) is 0.388. The van der Waals surface area contributed by atoms with Crippen LogP contribution < -0.4 is 20.1 Å². The molecule has 0 amide bonds. The second kappa shape index (κ2) is 10.2. The Bertz CT molecular complexity index is 714. The second-order valence-electron chi connectivity index (χ2n) is 5.80. The van der Waals surface area contributed by atoms with Crippen molar-refractivity contribution in [1.82, 2.24) is 15.6 Å². The highest BCUT2D eigenvalue weighted by Crippen LogP contribution is 2.27. The van der Waals surface area contributed by atoms with E-state index in [9.17, 15) is 0 Å². The van der Waals surface area contributed by atoms with Crippen molar-refractivity contribution in [3.63, 3.8) is 0 Å². The molecule has 3 rings (SSSR count). The maximum Gasteiger partial charge on any atom is 0.213 e. The van der Waals surface area contributed by atoms with Crippen LogP contribution >= 0.6 is 24.0 Å². The van der Waals surface area contributed by atoms with Crippen molar-refractivity contribution in [1.29, 1.82) is 0 Å². The lowest BCUT2D eigenvalue weighted by molar-refractivity contribution is 0.235. The molecule has 1 aromatic carbocycles. The number of hydrogen-bond donors (Lipinski definition) is 2. The zero-order chi connectivity index (χ0) is 17.5. The SMILES string of the molecule is CCNC(=NCc1cccc(OC)n1)NCC1Cc2ccccc2O1.I. The third-order valence-corrected chi connectivity index (χ3v) is 3.94. The average Bonchev–Trinajstić information content (AvgIpc) is 3.07. The van der Waals surface area contributed by atoms with Crippen LogP contribution in [0.2, 0.25) is 0 Å². The van der Waals surface area contributed by atoms with Gasteiger partial charge in [-0.15, -0.1) is 24.0 Å². The molecule has 2 N–H and O–H groups in total. The summed E-state index contributed by atoms with van der Waals surface area (Å²) in [5, 5.41) is 6.60. The standard InChI is InChI=1S/C19H24N4O2.HI/c1-3-20-19(21-12-15-8-6-10-18(23-15)24-2)22-13-16-11-14-7-4-5-9-17(14)25-16;/h4-10,16H,3,11-13H2,1-2H3,(H2,20,21,22);1H. The summed E-state index contributed by atoms with van der Waals surface area (Å²) in [6, 6.07) is 13.9. The number of aromatic nitrogens is 1. The highest BCUT2D eigenvalue weighted by atomic mass is 127. The Labute approximate surface area is 171 Å². The van der Waals surface area contributed by atoms with Crippen LogP contribution in [0.3, 0.4) is 0 Å². The number of hydrogen-bond acceptors (Lipinski definition) is 4. The summed E-state index contributed by atoms with van der Waals surface area (Å²) >= 11 is 0. The second-order valence-corrected chi connectivity index (χ2v) is 5.80. The first-order valence-electron chi connectivity index (χ1n) is 8.55. The number of methoxy groups -OCH3 is 1. The molecule has 0 radical (unpaired) electrons. The van der Waals surface area contributed by atoms with Crippen LogP contribution in [0, 0.1) is 0 Å². The van der Waals surface area contributed by atoms with E-state index in [2.05, 4.69) is 26.7 Å². The summed E-state index contributed by atoms with van der Waals surface area (Å²) in [4.78, 5) is 8.97. The molecule has 0 saturated carbocycles. The van der Waals surface area contributed by atoms with Gasteiger partial charge in [0, 0.05) is 19.0 Å². The molecule has 0 spiro atoms. The largest absolute Gasteiger partial charge is 0.488 e. The summed E-state index contributed by atoms with van der Waals surface area (Å²) in [5.74, 6) is 2.34. The zero-order valence-electron chi connectivity index (χ0n) is 15.1. The number of halogens is 1. The van der Waals surface area contributed by atoms with Crippen molar-refractivity contribution in [2.45, 2.75) is 26.0 Å². The molecule has 0 aliphatic carbocycles. The Hall–Kier alpha value is -2.03. The van der Waals surface area contributed by atoms with E-state index in [0.29, 0.717) is 19.0 Å². The van der Waals surface area contributed by atoms with Gasteiger partial charge in [0.05, 0.1) is 25.9 Å². The van der Waals surface area contributed by atoms with Crippen LogP contribution in [0.15, 0.2) is 47.5 Å². The highest BCUT2D eigenvalue weighted by molar-refractivity contribution is 14.0. The van der Waals surface area contributed by atoms with Crippen LogP contribution in [-0.2, 0) is 13.0 Å². The normalized spacial score (nSPS) is 15.5. The van der Waals surface area contributed by atoms with E-state index >= 15 is 0 Å². The minimum absolute atomic E-state index is 0. The number of nitrogens with zero attached hydrogens (tertiary/aromatic N) is 2. The van der Waals surface area contributed by atoms with Crippen molar-refractivity contribution >= 4 is 29.9 Å². The number of rotatable bonds is 6. The number of benzene rings is 1. The van der Waals surface area contributed by atoms with E-state index in [1.165, 1.54) is 5.56 Å². The van der Waals surface area contributed by atoms with E-state index in [1.54, 1.807) is 7.11 Å². The maximum absolute atomic E-state index is 5.95. The van der Waals surface area contributed by atoms with Crippen LogP contribution in [0.1, 0.15) is 18.2 Å². The van der Waals surface area contributed by atoms with Gasteiger partial charge in [-0.1, -0.05) is 24.3 Å². The fourth-order valence-corrected chi connectivity index (χ4v) is 2.74. The van der Waals surface area contributed by atoms with E-state index in [1.807, 2.05) is 43.3 Å². The number of aliphatic imine (C=N–C) groups is 1. The summed E-state index contributed by atoms with van der Waals surface area (Å²) in [7, 11) is 1.61. The van der Waals surface area contributed by atoms with Crippen molar-refractivity contribution in [3.8, 4) is 11.6 Å². The molecule has 26 heavy (non-hydrogen) atoms. The lowest BCUT2D eigenvalue weighted by Gasteiger charge is -2.15. The number of fused-ring (bicyclic) bond motifs is 1. The first kappa shape index (κ1) is 20.3. The molecule has 140 valence electrons. The molecule has 2 heterocycles. The molecule has 1 unspecified atom stereocenters. The van der Waals surface area contributed by atoms with Gasteiger partial charge >= 0.3 is 0 Å². The Morgan fingerprint density at radius 3 is 2.85 bits per heavy atom. The minimum Gasteiger partial charge on any atom is -0.488 e. The van der Waals surface area contributed by atoms with Crippen LogP contribution in [0.5, 0.6) is 11.6 Å². The van der Waals surface area contributed by atoms with E-state index in [-0.39, 0.29) is 30.1 Å². The predicted octanol–water partition coefficient (Wildman–Crippen LogP) is 2.77. The topological polar surface area (TPSA) is 67.8 Å². The summed E-state index contributed by atoms with van der Waals surface area (Å²) in [5.41, 5.74) is 2.12. The molecule has 1 aliphatic heterocycles. The van der Waals surface area contributed by atoms with Gasteiger partial charge in [0.15, 0.2) is 5.96 Å². The van der Waals surface area contributed by atoms with Crippen molar-refractivity contribution in [2.24, 2.45) is 4.99 Å². The van der Waals surface area contributed by atoms with Crippen LogP contribution in [0.4, 0.5) is 0 Å². The fourth-order valence-electron chi connectivity index (χ4n) is 2.74. The summed E-state index contributed by atoms with van der Waals surface area (Å²) in [6.07, 6.45) is 1.04. The third kappa shape index (κ3) is 5.48. The highest BCUT2D eigenvalue weighted by Gasteiger charge is 2.22. The molecule has 0 bridgehead atoms. The Morgan fingerprint density at radius 2 is 2.08 bits per heavy atom. The molecule has 2 aromatic rings. The van der Waals surface area contributed by atoms with Gasteiger partial charge in [0.25, 0.3) is 0 Å². The molecule has 0 saturated heterocycles. The van der Waals surface area contributed by atoms with Crippen molar-refractivity contribution in [3.05, 3.63) is 53.7 Å². The molecular formula is C19H25IN4O2. The fraction of sp³-hybridized carbons (Fsp3) is 0.368. The number of nitrogens with one attached hydrogen (secondary N) is 2. The number of guanidine groups is 1. The molecular weight excluding hydrogens is 443 g/mol. The minimum atomic E-state index is 0. The van der Waals surface area contributed by atoms with Gasteiger partial charge in [-0.2, -0.15) is 0 Å². The number of para-hydroxylation sites is 1. The smallest absolute Gasteiger partial charge is 0.213 e. The molecule has 1 aliphatic rings. The first-order valence-corrected chi connectivity index (χ1v) is 8.55. The average molecular weight is 468 g/mol. The first-order chi connectivity index (χ1) is 12.3. The van der Waals surface area contributed by atoms with E-state index in [4.69, 9.17) is 9.47 Å².